The summed E-state index contributed by atoms with van der Waals surface area (Å²) < 4.78 is 0. The van der Waals surface area contributed by atoms with Gasteiger partial charge in [-0.25, -0.2) is 4.98 Å². The van der Waals surface area contributed by atoms with Gasteiger partial charge in [-0.2, -0.15) is 0 Å². The molecule has 0 fully saturated rings. The number of imidazole rings is 1. The van der Waals surface area contributed by atoms with E-state index in [-0.39, 0.29) is 5.91 Å². The number of benzene rings is 1. The van der Waals surface area contributed by atoms with Crippen LogP contribution in [0.15, 0.2) is 36.5 Å². The Hall–Kier alpha value is -2.40. The van der Waals surface area contributed by atoms with Crippen molar-refractivity contribution in [3.05, 3.63) is 58.6 Å². The SMILES string of the molecule is Cc1ccc(C(=O)NCc2nc3ccc(Cl)cc3[nH]2)cn1. The number of nitrogens with one attached hydrogen (secondary N) is 2. The molecule has 1 aromatic carbocycles. The smallest absolute Gasteiger partial charge is 0.253 e. The summed E-state index contributed by atoms with van der Waals surface area (Å²) in [5, 5.41) is 3.45. The van der Waals surface area contributed by atoms with E-state index in [2.05, 4.69) is 20.3 Å². The zero-order valence-corrected chi connectivity index (χ0v) is 12.1. The maximum Gasteiger partial charge on any atom is 0.253 e. The van der Waals surface area contributed by atoms with Crippen molar-refractivity contribution in [3.8, 4) is 0 Å². The highest BCUT2D eigenvalue weighted by atomic mass is 35.5. The number of aromatic amines is 1. The number of carbonyl (C=O) groups excluding carboxylic acids is 1. The van der Waals surface area contributed by atoms with Crippen molar-refractivity contribution in [2.75, 3.05) is 0 Å². The Labute approximate surface area is 126 Å². The molecule has 0 aliphatic rings. The number of carbonyl (C=O) groups is 1. The van der Waals surface area contributed by atoms with Crippen molar-refractivity contribution in [3.63, 3.8) is 0 Å². The Morgan fingerprint density at radius 2 is 2.19 bits per heavy atom. The van der Waals surface area contributed by atoms with Gasteiger partial charge in [-0.1, -0.05) is 11.6 Å². The number of nitrogens with zero attached hydrogens (tertiary/aromatic N) is 2. The lowest BCUT2D eigenvalue weighted by Crippen LogP contribution is -2.23. The molecule has 0 aliphatic carbocycles. The molecule has 2 N–H and O–H groups in total. The van der Waals surface area contributed by atoms with E-state index in [1.54, 1.807) is 30.5 Å². The fraction of sp³-hybridized carbons (Fsp3) is 0.133. The van der Waals surface area contributed by atoms with E-state index in [1.807, 2.05) is 13.0 Å². The molecule has 0 bridgehead atoms. The van der Waals surface area contributed by atoms with Gasteiger partial charge in [0.1, 0.15) is 5.82 Å². The molecule has 106 valence electrons. The molecule has 0 saturated carbocycles. The zero-order valence-electron chi connectivity index (χ0n) is 11.4. The average Bonchev–Trinajstić information content (AvgIpc) is 2.87. The highest BCUT2D eigenvalue weighted by Crippen LogP contribution is 2.17. The second kappa shape index (κ2) is 5.54. The van der Waals surface area contributed by atoms with E-state index in [9.17, 15) is 4.79 Å². The van der Waals surface area contributed by atoms with Crippen molar-refractivity contribution >= 4 is 28.5 Å². The molecule has 0 saturated heterocycles. The van der Waals surface area contributed by atoms with Gasteiger partial charge in [0.25, 0.3) is 5.91 Å². The van der Waals surface area contributed by atoms with Crippen LogP contribution in [0.2, 0.25) is 5.02 Å². The predicted molar refractivity (Wildman–Crippen MR) is 81.2 cm³/mol. The van der Waals surface area contributed by atoms with Crippen LogP contribution in [0.5, 0.6) is 0 Å². The fourth-order valence-corrected chi connectivity index (χ4v) is 2.16. The molecule has 0 radical (unpaired) electrons. The average molecular weight is 301 g/mol. The second-order valence-electron chi connectivity index (χ2n) is 4.72. The van der Waals surface area contributed by atoms with Crippen LogP contribution in [0.4, 0.5) is 0 Å². The quantitative estimate of drug-likeness (QED) is 0.781. The third-order valence-corrected chi connectivity index (χ3v) is 3.32. The molecule has 21 heavy (non-hydrogen) atoms. The van der Waals surface area contributed by atoms with Crippen molar-refractivity contribution in [2.45, 2.75) is 13.5 Å². The molecule has 0 spiro atoms. The van der Waals surface area contributed by atoms with E-state index in [0.29, 0.717) is 23.0 Å². The summed E-state index contributed by atoms with van der Waals surface area (Å²) >= 11 is 5.92. The Morgan fingerprint density at radius 3 is 2.95 bits per heavy atom. The number of fused-ring (bicyclic) bond motifs is 1. The highest BCUT2D eigenvalue weighted by molar-refractivity contribution is 6.31. The third-order valence-electron chi connectivity index (χ3n) is 3.08. The number of rotatable bonds is 3. The maximum atomic E-state index is 12.0. The Kier molecular flexibility index (Phi) is 3.58. The number of amides is 1. The zero-order chi connectivity index (χ0) is 14.8. The first-order chi connectivity index (χ1) is 10.1. The third kappa shape index (κ3) is 3.03. The van der Waals surface area contributed by atoms with Crippen molar-refractivity contribution in [1.82, 2.24) is 20.3 Å². The lowest BCUT2D eigenvalue weighted by molar-refractivity contribution is 0.0949. The molecule has 3 rings (SSSR count). The summed E-state index contributed by atoms with van der Waals surface area (Å²) in [5.41, 5.74) is 3.07. The second-order valence-corrected chi connectivity index (χ2v) is 5.15. The van der Waals surface area contributed by atoms with E-state index >= 15 is 0 Å². The summed E-state index contributed by atoms with van der Waals surface area (Å²) in [6, 6.07) is 8.97. The molecule has 0 unspecified atom stereocenters. The summed E-state index contributed by atoms with van der Waals surface area (Å²) in [6.07, 6.45) is 1.56. The maximum absolute atomic E-state index is 12.0. The van der Waals surface area contributed by atoms with Gasteiger partial charge in [-0.15, -0.1) is 0 Å². The van der Waals surface area contributed by atoms with Gasteiger partial charge >= 0.3 is 0 Å². The van der Waals surface area contributed by atoms with Crippen LogP contribution < -0.4 is 5.32 Å². The van der Waals surface area contributed by atoms with Gasteiger partial charge in [0.2, 0.25) is 0 Å². The van der Waals surface area contributed by atoms with Gasteiger partial charge < -0.3 is 10.3 Å². The molecule has 6 heteroatoms. The minimum absolute atomic E-state index is 0.180. The van der Waals surface area contributed by atoms with E-state index < -0.39 is 0 Å². The van der Waals surface area contributed by atoms with E-state index in [0.717, 1.165) is 16.7 Å². The number of pyridine rings is 1. The van der Waals surface area contributed by atoms with Gasteiger partial charge in [0.05, 0.1) is 23.1 Å². The number of hydrogen-bond donors (Lipinski definition) is 2. The molecule has 1 amide bonds. The molecule has 0 aliphatic heterocycles. The van der Waals surface area contributed by atoms with Crippen molar-refractivity contribution in [1.29, 1.82) is 0 Å². The molecule has 0 atom stereocenters. The number of aryl methyl sites for hydroxylation is 1. The van der Waals surface area contributed by atoms with Gasteiger partial charge in [-0.05, 0) is 37.3 Å². The van der Waals surface area contributed by atoms with Crippen LogP contribution >= 0.6 is 11.6 Å². The summed E-state index contributed by atoms with van der Waals surface area (Å²) in [5.74, 6) is 0.502. The summed E-state index contributed by atoms with van der Waals surface area (Å²) in [4.78, 5) is 23.6. The Morgan fingerprint density at radius 1 is 1.33 bits per heavy atom. The van der Waals surface area contributed by atoms with E-state index in [1.165, 1.54) is 0 Å². The summed E-state index contributed by atoms with van der Waals surface area (Å²) in [6.45, 7) is 2.19. The number of halogens is 1. The normalized spacial score (nSPS) is 10.8. The lowest BCUT2D eigenvalue weighted by Gasteiger charge is -2.03. The molecule has 5 nitrogen and oxygen atoms in total. The van der Waals surface area contributed by atoms with Crippen LogP contribution in [0, 0.1) is 6.92 Å². The lowest BCUT2D eigenvalue weighted by atomic mass is 10.2. The standard InChI is InChI=1S/C15H13ClN4O/c1-9-2-3-10(7-17-9)15(21)18-8-14-19-12-5-4-11(16)6-13(12)20-14/h2-7H,8H2,1H3,(H,18,21)(H,19,20). The number of hydrogen-bond acceptors (Lipinski definition) is 3. The molecular formula is C15H13ClN4O. The molecule has 2 heterocycles. The van der Waals surface area contributed by atoms with Crippen LogP contribution in [-0.4, -0.2) is 20.9 Å². The molecule has 2 aromatic heterocycles. The van der Waals surface area contributed by atoms with Crippen molar-refractivity contribution in [2.24, 2.45) is 0 Å². The Bertz CT molecular complexity index is 795. The minimum Gasteiger partial charge on any atom is -0.345 e. The van der Waals surface area contributed by atoms with E-state index in [4.69, 9.17) is 11.6 Å². The van der Waals surface area contributed by atoms with Gasteiger partial charge in [0, 0.05) is 16.9 Å². The molecule has 3 aromatic rings. The number of aromatic nitrogens is 3. The topological polar surface area (TPSA) is 70.7 Å². The molecular weight excluding hydrogens is 288 g/mol. The summed E-state index contributed by atoms with van der Waals surface area (Å²) in [7, 11) is 0. The van der Waals surface area contributed by atoms with Crippen LogP contribution in [0.25, 0.3) is 11.0 Å². The predicted octanol–water partition coefficient (Wildman–Crippen LogP) is 2.85. The van der Waals surface area contributed by atoms with Crippen LogP contribution in [0.1, 0.15) is 21.9 Å². The van der Waals surface area contributed by atoms with Gasteiger partial charge in [-0.3, -0.25) is 9.78 Å². The largest absolute Gasteiger partial charge is 0.345 e. The van der Waals surface area contributed by atoms with Crippen LogP contribution in [-0.2, 0) is 6.54 Å². The minimum atomic E-state index is -0.180. The Balaban J connectivity index is 1.71. The number of H-pyrrole nitrogens is 1. The highest BCUT2D eigenvalue weighted by Gasteiger charge is 2.08. The monoisotopic (exact) mass is 300 g/mol. The van der Waals surface area contributed by atoms with Crippen LogP contribution in [0.3, 0.4) is 0 Å². The van der Waals surface area contributed by atoms with Crippen molar-refractivity contribution < 1.29 is 4.79 Å². The first kappa shape index (κ1) is 13.6. The fourth-order valence-electron chi connectivity index (χ4n) is 1.99. The first-order valence-electron chi connectivity index (χ1n) is 6.47. The van der Waals surface area contributed by atoms with Gasteiger partial charge in [0.15, 0.2) is 0 Å². The first-order valence-corrected chi connectivity index (χ1v) is 6.84.